The number of nitrogens with zero attached hydrogens (tertiary/aromatic N) is 1. The Morgan fingerprint density at radius 3 is 2.49 bits per heavy atom. The van der Waals surface area contributed by atoms with Gasteiger partial charge in [0.25, 0.3) is 0 Å². The van der Waals surface area contributed by atoms with Crippen molar-refractivity contribution < 1.29 is 23.0 Å². The summed E-state index contributed by atoms with van der Waals surface area (Å²) in [5.41, 5.74) is 2.06. The Hall–Kier alpha value is -4.56. The maximum Gasteiger partial charge on any atom is 0.344 e. The molecule has 5 aromatic rings. The fourth-order valence-corrected chi connectivity index (χ4v) is 4.84. The average molecular weight is 498 g/mol. The summed E-state index contributed by atoms with van der Waals surface area (Å²) in [6.45, 7) is 1.44. The predicted molar refractivity (Wildman–Crippen MR) is 138 cm³/mol. The van der Waals surface area contributed by atoms with Gasteiger partial charge in [-0.25, -0.2) is 9.59 Å². The molecule has 37 heavy (non-hydrogen) atoms. The summed E-state index contributed by atoms with van der Waals surface area (Å²) >= 11 is 0. The van der Waals surface area contributed by atoms with E-state index in [1.165, 1.54) is 13.2 Å². The molecule has 0 bridgehead atoms. The smallest absolute Gasteiger partial charge is 0.344 e. The van der Waals surface area contributed by atoms with Crippen LogP contribution in [0.2, 0.25) is 0 Å². The van der Waals surface area contributed by atoms with Crippen LogP contribution in [0.15, 0.2) is 85.2 Å². The van der Waals surface area contributed by atoms with Crippen LogP contribution in [0.25, 0.3) is 33.1 Å². The second kappa shape index (κ2) is 9.15. The van der Waals surface area contributed by atoms with Crippen LogP contribution in [-0.2, 0) is 13.1 Å². The lowest BCUT2D eigenvalue weighted by Crippen LogP contribution is -2.31. The molecule has 0 N–H and O–H groups in total. The quantitative estimate of drug-likeness (QED) is 0.316. The summed E-state index contributed by atoms with van der Waals surface area (Å²) in [5, 5.41) is 1.30. The standard InChI is InChI=1S/C29H23NO7/c1-33-23-8-4-3-6-18(23)14-30-15-22-24(35-16-30)11-10-19-20(13-26(31)36-28(19)22)21-12-17-7-5-9-25(34-2)27(17)37-29(21)32/h3-13H,14-16H2,1-2H3. The van der Waals surface area contributed by atoms with Crippen LogP contribution >= 0.6 is 0 Å². The normalized spacial score (nSPS) is 13.4. The van der Waals surface area contributed by atoms with Crippen molar-refractivity contribution in [2.75, 3.05) is 21.0 Å². The van der Waals surface area contributed by atoms with Crippen molar-refractivity contribution in [3.05, 3.63) is 98.7 Å². The van der Waals surface area contributed by atoms with Gasteiger partial charge in [0, 0.05) is 41.1 Å². The van der Waals surface area contributed by atoms with Crippen LogP contribution in [0, 0.1) is 0 Å². The Kier molecular flexibility index (Phi) is 5.65. The van der Waals surface area contributed by atoms with Gasteiger partial charge in [0.05, 0.1) is 25.3 Å². The fourth-order valence-electron chi connectivity index (χ4n) is 4.84. The van der Waals surface area contributed by atoms with Crippen molar-refractivity contribution >= 4 is 21.9 Å². The molecule has 186 valence electrons. The van der Waals surface area contributed by atoms with Crippen LogP contribution in [0.5, 0.6) is 17.2 Å². The summed E-state index contributed by atoms with van der Waals surface area (Å²) < 4.78 is 28.1. The Labute approximate surface area is 211 Å². The summed E-state index contributed by atoms with van der Waals surface area (Å²) in [6, 6.07) is 19.8. The van der Waals surface area contributed by atoms with Crippen LogP contribution in [0.3, 0.4) is 0 Å². The molecule has 0 saturated carbocycles. The highest BCUT2D eigenvalue weighted by Crippen LogP contribution is 2.37. The maximum atomic E-state index is 13.1. The highest BCUT2D eigenvalue weighted by Gasteiger charge is 2.24. The van der Waals surface area contributed by atoms with E-state index >= 15 is 0 Å². The minimum Gasteiger partial charge on any atom is -0.496 e. The Morgan fingerprint density at radius 2 is 1.65 bits per heavy atom. The van der Waals surface area contributed by atoms with Gasteiger partial charge in [-0.3, -0.25) is 4.90 Å². The first-order valence-corrected chi connectivity index (χ1v) is 11.7. The van der Waals surface area contributed by atoms with Crippen molar-refractivity contribution in [1.82, 2.24) is 4.90 Å². The molecule has 0 fully saturated rings. The SMILES string of the molecule is COc1ccccc1CN1COc2ccc3c(-c4cc5cccc(OC)c5oc4=O)cc(=O)oc3c2C1. The first kappa shape index (κ1) is 22.9. The summed E-state index contributed by atoms with van der Waals surface area (Å²) in [5.74, 6) is 1.89. The average Bonchev–Trinajstić information content (AvgIpc) is 2.92. The van der Waals surface area contributed by atoms with Crippen LogP contribution in [-0.4, -0.2) is 25.9 Å². The third kappa shape index (κ3) is 4.01. The van der Waals surface area contributed by atoms with E-state index in [-0.39, 0.29) is 5.56 Å². The topological polar surface area (TPSA) is 91.4 Å². The lowest BCUT2D eigenvalue weighted by atomic mass is 9.99. The molecule has 0 unspecified atom stereocenters. The number of hydrogen-bond donors (Lipinski definition) is 0. The minimum absolute atomic E-state index is 0.265. The largest absolute Gasteiger partial charge is 0.496 e. The lowest BCUT2D eigenvalue weighted by molar-refractivity contribution is 0.0882. The fraction of sp³-hybridized carbons (Fsp3) is 0.172. The Morgan fingerprint density at radius 1 is 0.838 bits per heavy atom. The van der Waals surface area contributed by atoms with Crippen molar-refractivity contribution in [2.24, 2.45) is 0 Å². The first-order valence-electron chi connectivity index (χ1n) is 11.7. The summed E-state index contributed by atoms with van der Waals surface area (Å²) in [4.78, 5) is 27.9. The van der Waals surface area contributed by atoms with E-state index in [0.29, 0.717) is 58.8 Å². The van der Waals surface area contributed by atoms with Crippen molar-refractivity contribution in [3.63, 3.8) is 0 Å². The molecule has 8 heteroatoms. The molecule has 0 amide bonds. The predicted octanol–water partition coefficient (Wildman–Crippen LogP) is 4.94. The Bertz CT molecular complexity index is 1770. The molecule has 2 aromatic heterocycles. The van der Waals surface area contributed by atoms with Crippen molar-refractivity contribution in [2.45, 2.75) is 13.1 Å². The van der Waals surface area contributed by atoms with Gasteiger partial charge in [-0.15, -0.1) is 0 Å². The molecule has 3 aromatic carbocycles. The van der Waals surface area contributed by atoms with E-state index in [0.717, 1.165) is 16.9 Å². The van der Waals surface area contributed by atoms with E-state index in [9.17, 15) is 9.59 Å². The van der Waals surface area contributed by atoms with Gasteiger partial charge < -0.3 is 23.0 Å². The number of fused-ring (bicyclic) bond motifs is 4. The highest BCUT2D eigenvalue weighted by atomic mass is 16.5. The van der Waals surface area contributed by atoms with E-state index in [4.69, 9.17) is 23.0 Å². The number of hydrogen-bond acceptors (Lipinski definition) is 8. The summed E-state index contributed by atoms with van der Waals surface area (Å²) in [7, 11) is 3.16. The molecule has 0 spiro atoms. The molecule has 0 saturated heterocycles. The van der Waals surface area contributed by atoms with E-state index in [1.54, 1.807) is 25.3 Å². The molecule has 3 heterocycles. The van der Waals surface area contributed by atoms with Crippen LogP contribution in [0.1, 0.15) is 11.1 Å². The molecule has 0 atom stereocenters. The number of rotatable bonds is 5. The minimum atomic E-state index is -0.573. The van der Waals surface area contributed by atoms with E-state index in [1.807, 2.05) is 42.5 Å². The van der Waals surface area contributed by atoms with Gasteiger partial charge in [-0.05, 0) is 30.3 Å². The lowest BCUT2D eigenvalue weighted by Gasteiger charge is -2.29. The molecule has 8 nitrogen and oxygen atoms in total. The van der Waals surface area contributed by atoms with Gasteiger partial charge in [-0.1, -0.05) is 30.3 Å². The second-order valence-electron chi connectivity index (χ2n) is 8.80. The van der Waals surface area contributed by atoms with Gasteiger partial charge in [-0.2, -0.15) is 0 Å². The molecular formula is C29H23NO7. The zero-order valence-corrected chi connectivity index (χ0v) is 20.3. The van der Waals surface area contributed by atoms with Crippen molar-refractivity contribution in [1.29, 1.82) is 0 Å². The monoisotopic (exact) mass is 497 g/mol. The molecule has 0 radical (unpaired) electrons. The summed E-state index contributed by atoms with van der Waals surface area (Å²) in [6.07, 6.45) is 0. The third-order valence-electron chi connectivity index (χ3n) is 6.58. The molecule has 0 aliphatic carbocycles. The second-order valence-corrected chi connectivity index (χ2v) is 8.80. The molecule has 6 rings (SSSR count). The van der Waals surface area contributed by atoms with Crippen LogP contribution in [0.4, 0.5) is 0 Å². The number of para-hydroxylation sites is 2. The zero-order valence-electron chi connectivity index (χ0n) is 20.3. The maximum absolute atomic E-state index is 13.1. The van der Waals surface area contributed by atoms with Crippen molar-refractivity contribution in [3.8, 4) is 28.4 Å². The van der Waals surface area contributed by atoms with Gasteiger partial charge in [0.15, 0.2) is 11.3 Å². The highest BCUT2D eigenvalue weighted by molar-refractivity contribution is 5.97. The molecule has 1 aliphatic rings. The van der Waals surface area contributed by atoms with Crippen LogP contribution < -0.4 is 25.5 Å². The third-order valence-corrected chi connectivity index (χ3v) is 6.58. The van der Waals surface area contributed by atoms with E-state index < -0.39 is 11.3 Å². The zero-order chi connectivity index (χ0) is 25.5. The number of ether oxygens (including phenoxy) is 3. The number of methoxy groups -OCH3 is 2. The van der Waals surface area contributed by atoms with Gasteiger partial charge >= 0.3 is 11.3 Å². The van der Waals surface area contributed by atoms with Gasteiger partial charge in [0.2, 0.25) is 0 Å². The molecular weight excluding hydrogens is 474 g/mol. The first-order chi connectivity index (χ1) is 18.1. The van der Waals surface area contributed by atoms with E-state index in [2.05, 4.69) is 4.90 Å². The number of benzene rings is 3. The molecule has 1 aliphatic heterocycles. The Balaban J connectivity index is 1.46. The van der Waals surface area contributed by atoms with Gasteiger partial charge in [0.1, 0.15) is 23.8 Å².